The van der Waals surface area contributed by atoms with Crippen LogP contribution >= 0.6 is 11.8 Å². The van der Waals surface area contributed by atoms with Gasteiger partial charge in [-0.2, -0.15) is 0 Å². The first-order chi connectivity index (χ1) is 14.1. The molecule has 1 amide bonds. The molecule has 0 aliphatic carbocycles. The van der Waals surface area contributed by atoms with Crippen molar-refractivity contribution < 1.29 is 14.3 Å². The molecule has 1 N–H and O–H groups in total. The predicted octanol–water partition coefficient (Wildman–Crippen LogP) is 3.79. The van der Waals surface area contributed by atoms with Gasteiger partial charge >= 0.3 is 0 Å². The molecule has 0 fully saturated rings. The first kappa shape index (κ1) is 19.4. The van der Waals surface area contributed by atoms with Gasteiger partial charge in [-0.1, -0.05) is 48.2 Å². The van der Waals surface area contributed by atoms with E-state index in [1.807, 2.05) is 50.4 Å². The molecule has 4 rings (SSSR count). The fourth-order valence-corrected chi connectivity index (χ4v) is 4.02. The molecule has 3 aromatic rings. The lowest BCUT2D eigenvalue weighted by molar-refractivity contribution is -0.127. The molecule has 1 aliphatic heterocycles. The lowest BCUT2D eigenvalue weighted by Crippen LogP contribution is -2.27. The Hall–Kier alpha value is -2.93. The van der Waals surface area contributed by atoms with Crippen LogP contribution in [0, 0.1) is 6.92 Å². The summed E-state index contributed by atoms with van der Waals surface area (Å²) in [5.74, 6) is 1.86. The van der Waals surface area contributed by atoms with Crippen molar-refractivity contribution in [3.8, 4) is 11.5 Å². The summed E-state index contributed by atoms with van der Waals surface area (Å²) < 4.78 is 10.7. The molecule has 2 aromatic carbocycles. The normalized spacial score (nSPS) is 12.2. The molecule has 7 heteroatoms. The number of rotatable bonds is 7. The number of aromatic nitrogens is 2. The van der Waals surface area contributed by atoms with Gasteiger partial charge < -0.3 is 19.4 Å². The van der Waals surface area contributed by atoms with Crippen LogP contribution in [0.15, 0.2) is 53.7 Å². The van der Waals surface area contributed by atoms with Crippen LogP contribution in [0.5, 0.6) is 11.5 Å². The smallest absolute Gasteiger partial charge is 0.233 e. The lowest BCUT2D eigenvalue weighted by Gasteiger charge is -2.17. The van der Waals surface area contributed by atoms with Gasteiger partial charge in [0.25, 0.3) is 0 Å². The molecule has 0 spiro atoms. The van der Waals surface area contributed by atoms with Crippen molar-refractivity contribution in [1.82, 2.24) is 14.9 Å². The molecule has 0 saturated carbocycles. The van der Waals surface area contributed by atoms with Gasteiger partial charge in [0.2, 0.25) is 12.7 Å². The molecule has 0 atom stereocenters. The molecule has 1 aliphatic rings. The molecule has 0 radical (unpaired) electrons. The fourth-order valence-electron chi connectivity index (χ4n) is 3.14. The summed E-state index contributed by atoms with van der Waals surface area (Å²) >= 11 is 1.43. The number of imidazole rings is 1. The third-order valence-electron chi connectivity index (χ3n) is 4.79. The lowest BCUT2D eigenvalue weighted by atomic mass is 10.1. The Morgan fingerprint density at radius 1 is 1.14 bits per heavy atom. The molecule has 0 saturated heterocycles. The van der Waals surface area contributed by atoms with Gasteiger partial charge in [0.15, 0.2) is 16.7 Å². The van der Waals surface area contributed by atoms with Crippen molar-refractivity contribution >= 4 is 17.7 Å². The largest absolute Gasteiger partial charge is 0.454 e. The number of hydrogen-bond donors (Lipinski definition) is 1. The first-order valence-electron chi connectivity index (χ1n) is 9.43. The number of aromatic amines is 1. The maximum atomic E-state index is 12.5. The van der Waals surface area contributed by atoms with Crippen LogP contribution in [0.4, 0.5) is 0 Å². The van der Waals surface area contributed by atoms with E-state index in [-0.39, 0.29) is 12.7 Å². The second-order valence-electron chi connectivity index (χ2n) is 7.00. The van der Waals surface area contributed by atoms with Crippen LogP contribution in [-0.2, 0) is 17.8 Å². The molecule has 0 unspecified atom stereocenters. The van der Waals surface area contributed by atoms with Crippen molar-refractivity contribution in [2.75, 3.05) is 19.6 Å². The van der Waals surface area contributed by atoms with E-state index in [2.05, 4.69) is 22.1 Å². The second-order valence-corrected chi connectivity index (χ2v) is 7.97. The number of hydrogen-bond acceptors (Lipinski definition) is 5. The van der Waals surface area contributed by atoms with Crippen LogP contribution < -0.4 is 9.47 Å². The van der Waals surface area contributed by atoms with Crippen molar-refractivity contribution in [2.45, 2.75) is 25.0 Å². The number of amides is 1. The molecule has 1 aromatic heterocycles. The summed E-state index contributed by atoms with van der Waals surface area (Å²) in [5.41, 5.74) is 4.28. The zero-order chi connectivity index (χ0) is 20.2. The zero-order valence-corrected chi connectivity index (χ0v) is 17.3. The molecule has 6 nitrogen and oxygen atoms in total. The van der Waals surface area contributed by atoms with Crippen LogP contribution in [0.25, 0.3) is 0 Å². The van der Waals surface area contributed by atoms with Gasteiger partial charge in [-0.15, -0.1) is 0 Å². The Kier molecular flexibility index (Phi) is 5.76. The highest BCUT2D eigenvalue weighted by Gasteiger charge is 2.16. The predicted molar refractivity (Wildman–Crippen MR) is 112 cm³/mol. The Morgan fingerprint density at radius 3 is 2.76 bits per heavy atom. The number of carbonyl (C=O) groups is 1. The standard InChI is InChI=1S/C22H23N3O3S/c1-15-18(10-16-6-4-3-5-7-16)24-22(23-15)29-13-21(26)25(2)12-17-8-9-19-20(11-17)28-14-27-19/h3-9,11H,10,12-14H2,1-2H3,(H,23,24). The van der Waals surface area contributed by atoms with E-state index < -0.39 is 0 Å². The second kappa shape index (κ2) is 8.61. The maximum Gasteiger partial charge on any atom is 0.233 e. The maximum absolute atomic E-state index is 12.5. The highest BCUT2D eigenvalue weighted by Crippen LogP contribution is 2.32. The number of nitrogens with one attached hydrogen (secondary N) is 1. The number of fused-ring (bicyclic) bond motifs is 1. The minimum Gasteiger partial charge on any atom is -0.454 e. The summed E-state index contributed by atoms with van der Waals surface area (Å²) in [6.07, 6.45) is 0.779. The van der Waals surface area contributed by atoms with E-state index >= 15 is 0 Å². The van der Waals surface area contributed by atoms with Crippen LogP contribution in [-0.4, -0.2) is 40.4 Å². The Bertz CT molecular complexity index is 1000. The van der Waals surface area contributed by atoms with Crippen LogP contribution in [0.1, 0.15) is 22.5 Å². The van der Waals surface area contributed by atoms with Crippen molar-refractivity contribution in [2.24, 2.45) is 0 Å². The van der Waals surface area contributed by atoms with Crippen LogP contribution in [0.2, 0.25) is 0 Å². The minimum atomic E-state index is 0.0475. The third kappa shape index (κ3) is 4.74. The number of ether oxygens (including phenoxy) is 2. The van der Waals surface area contributed by atoms with E-state index in [0.29, 0.717) is 12.3 Å². The van der Waals surface area contributed by atoms with Gasteiger partial charge in [0.05, 0.1) is 11.4 Å². The van der Waals surface area contributed by atoms with E-state index in [0.717, 1.165) is 40.0 Å². The molecule has 150 valence electrons. The first-order valence-corrected chi connectivity index (χ1v) is 10.4. The Balaban J connectivity index is 1.31. The summed E-state index contributed by atoms with van der Waals surface area (Å²) in [6.45, 7) is 2.79. The van der Waals surface area contributed by atoms with Gasteiger partial charge in [-0.3, -0.25) is 4.79 Å². The van der Waals surface area contributed by atoms with Crippen molar-refractivity contribution in [3.05, 3.63) is 71.0 Å². The molecular weight excluding hydrogens is 386 g/mol. The number of carbonyl (C=O) groups excluding carboxylic acids is 1. The number of H-pyrrole nitrogens is 1. The van der Waals surface area contributed by atoms with E-state index in [4.69, 9.17) is 9.47 Å². The van der Waals surface area contributed by atoms with Crippen LogP contribution in [0.3, 0.4) is 0 Å². The number of nitrogens with zero attached hydrogens (tertiary/aromatic N) is 2. The van der Waals surface area contributed by atoms with Gasteiger partial charge in [-0.25, -0.2) is 4.98 Å². The SMILES string of the molecule is Cc1[nH]c(SCC(=O)N(C)Cc2ccc3c(c2)OCO3)nc1Cc1ccccc1. The molecule has 29 heavy (non-hydrogen) atoms. The van der Waals surface area contributed by atoms with Gasteiger partial charge in [0.1, 0.15) is 0 Å². The van der Waals surface area contributed by atoms with E-state index in [1.54, 1.807) is 4.90 Å². The van der Waals surface area contributed by atoms with Gasteiger partial charge in [0, 0.05) is 25.7 Å². The fraction of sp³-hybridized carbons (Fsp3) is 0.273. The van der Waals surface area contributed by atoms with E-state index in [9.17, 15) is 4.79 Å². The average Bonchev–Trinajstić information content (AvgIpc) is 3.33. The molecule has 0 bridgehead atoms. The topological polar surface area (TPSA) is 67.5 Å². The number of aryl methyl sites for hydroxylation is 1. The highest BCUT2D eigenvalue weighted by atomic mass is 32.2. The zero-order valence-electron chi connectivity index (χ0n) is 16.5. The highest BCUT2D eigenvalue weighted by molar-refractivity contribution is 7.99. The van der Waals surface area contributed by atoms with Gasteiger partial charge in [-0.05, 0) is 30.2 Å². The monoisotopic (exact) mass is 409 g/mol. The summed E-state index contributed by atoms with van der Waals surface area (Å²) in [7, 11) is 1.81. The quantitative estimate of drug-likeness (QED) is 0.602. The van der Waals surface area contributed by atoms with Crippen molar-refractivity contribution in [1.29, 1.82) is 0 Å². The molecular formula is C22H23N3O3S. The number of thioether (sulfide) groups is 1. The Morgan fingerprint density at radius 2 is 1.93 bits per heavy atom. The van der Waals surface area contributed by atoms with E-state index in [1.165, 1.54) is 17.3 Å². The minimum absolute atomic E-state index is 0.0475. The summed E-state index contributed by atoms with van der Waals surface area (Å²) in [6, 6.07) is 16.0. The number of benzene rings is 2. The summed E-state index contributed by atoms with van der Waals surface area (Å²) in [5, 5.41) is 0.776. The average molecular weight is 410 g/mol. The summed E-state index contributed by atoms with van der Waals surface area (Å²) in [4.78, 5) is 22.2. The van der Waals surface area contributed by atoms with Crippen molar-refractivity contribution in [3.63, 3.8) is 0 Å². The third-order valence-corrected chi connectivity index (χ3v) is 5.65. The Labute approximate surface area is 174 Å². The molecule has 2 heterocycles.